The third-order valence-corrected chi connectivity index (χ3v) is 4.83. The molecule has 4 rings (SSSR count). The van der Waals surface area contributed by atoms with Crippen molar-refractivity contribution in [1.29, 1.82) is 0 Å². The van der Waals surface area contributed by atoms with Gasteiger partial charge >= 0.3 is 0 Å². The summed E-state index contributed by atoms with van der Waals surface area (Å²) in [6.45, 7) is 1.97. The van der Waals surface area contributed by atoms with Crippen LogP contribution in [0.25, 0.3) is 21.7 Å². The van der Waals surface area contributed by atoms with Gasteiger partial charge in [-0.2, -0.15) is 9.78 Å². The Bertz CT molecular complexity index is 1380. The molecule has 30 heavy (non-hydrogen) atoms. The first-order chi connectivity index (χ1) is 14.5. The van der Waals surface area contributed by atoms with Gasteiger partial charge in [-0.3, -0.25) is 14.9 Å². The number of hydrogen-bond donors (Lipinski definition) is 1. The lowest BCUT2D eigenvalue weighted by Crippen LogP contribution is -2.22. The monoisotopic (exact) mass is 402 g/mol. The number of non-ortho nitro benzene ring substituents is 1. The number of nitrogens with zero attached hydrogens (tertiary/aromatic N) is 4. The van der Waals surface area contributed by atoms with Crippen LogP contribution in [0, 0.1) is 10.1 Å². The van der Waals surface area contributed by atoms with Crippen molar-refractivity contribution in [3.63, 3.8) is 0 Å². The number of phenols is 1. The van der Waals surface area contributed by atoms with E-state index in [1.165, 1.54) is 17.0 Å². The molecule has 150 valence electrons. The highest BCUT2D eigenvalue weighted by molar-refractivity contribution is 6.02. The molecule has 0 radical (unpaired) electrons. The number of benzene rings is 3. The largest absolute Gasteiger partial charge is 0.507 e. The van der Waals surface area contributed by atoms with Crippen LogP contribution in [0.1, 0.15) is 24.7 Å². The summed E-state index contributed by atoms with van der Waals surface area (Å²) in [6, 6.07) is 14.8. The summed E-state index contributed by atoms with van der Waals surface area (Å²) in [5.74, 6) is 0.339. The first kappa shape index (κ1) is 19.3. The van der Waals surface area contributed by atoms with Crippen molar-refractivity contribution in [1.82, 2.24) is 9.66 Å². The van der Waals surface area contributed by atoms with E-state index < -0.39 is 4.92 Å². The van der Waals surface area contributed by atoms with Crippen molar-refractivity contribution in [2.24, 2.45) is 5.10 Å². The van der Waals surface area contributed by atoms with Gasteiger partial charge in [0.25, 0.3) is 11.2 Å². The Morgan fingerprint density at radius 3 is 2.50 bits per heavy atom. The van der Waals surface area contributed by atoms with E-state index in [2.05, 4.69) is 10.1 Å². The van der Waals surface area contributed by atoms with Gasteiger partial charge in [-0.15, -0.1) is 0 Å². The van der Waals surface area contributed by atoms with Gasteiger partial charge in [0.1, 0.15) is 11.6 Å². The van der Waals surface area contributed by atoms with Crippen LogP contribution < -0.4 is 5.56 Å². The second-order valence-corrected chi connectivity index (χ2v) is 6.79. The molecule has 8 heteroatoms. The Labute approximate surface area is 170 Å². The Morgan fingerprint density at radius 1 is 1.13 bits per heavy atom. The topological polar surface area (TPSA) is 111 Å². The molecule has 0 aliphatic rings. The van der Waals surface area contributed by atoms with E-state index in [9.17, 15) is 20.0 Å². The molecule has 1 heterocycles. The van der Waals surface area contributed by atoms with Gasteiger partial charge in [0.05, 0.1) is 27.4 Å². The predicted octanol–water partition coefficient (Wildman–Crippen LogP) is 4.00. The number of para-hydroxylation sites is 1. The number of nitro groups is 1. The molecule has 0 spiro atoms. The van der Waals surface area contributed by atoms with E-state index in [1.807, 2.05) is 13.0 Å². The number of nitro benzene ring substituents is 1. The predicted molar refractivity (Wildman–Crippen MR) is 115 cm³/mol. The fourth-order valence-corrected chi connectivity index (χ4v) is 3.41. The maximum absolute atomic E-state index is 13.0. The molecule has 0 aliphatic heterocycles. The molecular formula is C22H18N4O4. The molecule has 0 saturated heterocycles. The lowest BCUT2D eigenvalue weighted by molar-refractivity contribution is -0.383. The third kappa shape index (κ3) is 3.28. The highest BCUT2D eigenvalue weighted by atomic mass is 16.6. The van der Waals surface area contributed by atoms with Gasteiger partial charge in [-0.05, 0) is 24.6 Å². The second kappa shape index (κ2) is 7.75. The quantitative estimate of drug-likeness (QED) is 0.308. The minimum atomic E-state index is -0.509. The summed E-state index contributed by atoms with van der Waals surface area (Å²) in [5, 5.41) is 27.5. The SMILES string of the molecule is CCCc1nc2ccccc2c(=O)n1/N=C\c1cc([N+](=O)[O-])c2ccccc2c1O. The van der Waals surface area contributed by atoms with Gasteiger partial charge < -0.3 is 5.11 Å². The molecule has 0 aliphatic carbocycles. The van der Waals surface area contributed by atoms with Crippen LogP contribution in [0.3, 0.4) is 0 Å². The number of phenolic OH excluding ortho intramolecular Hbond substituents is 1. The Morgan fingerprint density at radius 2 is 1.80 bits per heavy atom. The molecule has 8 nitrogen and oxygen atoms in total. The van der Waals surface area contributed by atoms with E-state index in [0.29, 0.717) is 33.9 Å². The van der Waals surface area contributed by atoms with E-state index in [0.717, 1.165) is 6.42 Å². The maximum atomic E-state index is 13.0. The molecule has 0 amide bonds. The van der Waals surface area contributed by atoms with Crippen LogP contribution in [0.5, 0.6) is 5.75 Å². The highest BCUT2D eigenvalue weighted by Crippen LogP contribution is 2.34. The first-order valence-corrected chi connectivity index (χ1v) is 9.45. The van der Waals surface area contributed by atoms with Crippen LogP contribution in [-0.4, -0.2) is 25.9 Å². The number of fused-ring (bicyclic) bond motifs is 2. The van der Waals surface area contributed by atoms with Crippen molar-refractivity contribution in [2.45, 2.75) is 19.8 Å². The van der Waals surface area contributed by atoms with Gasteiger partial charge in [0, 0.05) is 23.4 Å². The molecule has 1 N–H and O–H groups in total. The standard InChI is InChI=1S/C22H18N4O4/c1-2-7-20-24-18-11-6-5-10-17(18)22(28)25(20)23-13-14-12-19(26(29)30)15-8-3-4-9-16(15)21(14)27/h3-6,8-13,27H,2,7H2,1H3/b23-13-. The van der Waals surface area contributed by atoms with Crippen molar-refractivity contribution in [3.8, 4) is 5.75 Å². The van der Waals surface area contributed by atoms with Gasteiger partial charge in [0.15, 0.2) is 0 Å². The molecule has 0 bridgehead atoms. The zero-order valence-corrected chi connectivity index (χ0v) is 16.1. The molecule has 0 saturated carbocycles. The minimum absolute atomic E-state index is 0.140. The van der Waals surface area contributed by atoms with Crippen LogP contribution in [0.4, 0.5) is 5.69 Å². The molecule has 0 fully saturated rings. The van der Waals surface area contributed by atoms with Crippen molar-refractivity contribution in [3.05, 3.63) is 86.5 Å². The van der Waals surface area contributed by atoms with Crippen LogP contribution in [0.15, 0.2) is 64.5 Å². The first-order valence-electron chi connectivity index (χ1n) is 9.45. The third-order valence-electron chi connectivity index (χ3n) is 4.83. The number of hydrogen-bond acceptors (Lipinski definition) is 6. The van der Waals surface area contributed by atoms with Crippen molar-refractivity contribution >= 4 is 33.6 Å². The molecular weight excluding hydrogens is 384 g/mol. The van der Waals surface area contributed by atoms with Crippen molar-refractivity contribution in [2.75, 3.05) is 0 Å². The fraction of sp³-hybridized carbons (Fsp3) is 0.136. The lowest BCUT2D eigenvalue weighted by atomic mass is 10.0. The number of rotatable bonds is 5. The van der Waals surface area contributed by atoms with Gasteiger partial charge in [0.2, 0.25) is 0 Å². The molecule has 4 aromatic rings. The van der Waals surface area contributed by atoms with Gasteiger partial charge in [-0.1, -0.05) is 37.3 Å². The van der Waals surface area contributed by atoms with E-state index in [-0.39, 0.29) is 22.6 Å². The van der Waals surface area contributed by atoms with E-state index in [1.54, 1.807) is 42.5 Å². The number of aromatic hydroxyl groups is 1. The van der Waals surface area contributed by atoms with E-state index >= 15 is 0 Å². The Balaban J connectivity index is 1.91. The summed E-state index contributed by atoms with van der Waals surface area (Å²) in [5.41, 5.74) is 0.238. The average Bonchev–Trinajstić information content (AvgIpc) is 2.75. The number of aromatic nitrogens is 2. The van der Waals surface area contributed by atoms with Crippen LogP contribution >= 0.6 is 0 Å². The summed E-state index contributed by atoms with van der Waals surface area (Å²) in [4.78, 5) is 28.5. The molecule has 1 aromatic heterocycles. The normalized spacial score (nSPS) is 11.5. The summed E-state index contributed by atoms with van der Waals surface area (Å²) < 4.78 is 1.19. The fourth-order valence-electron chi connectivity index (χ4n) is 3.41. The van der Waals surface area contributed by atoms with Crippen molar-refractivity contribution < 1.29 is 10.0 Å². The summed E-state index contributed by atoms with van der Waals surface area (Å²) in [6.07, 6.45) is 2.54. The average molecular weight is 402 g/mol. The number of aryl methyl sites for hydroxylation is 1. The van der Waals surface area contributed by atoms with Crippen LogP contribution in [-0.2, 0) is 6.42 Å². The molecule has 3 aromatic carbocycles. The zero-order chi connectivity index (χ0) is 21.3. The molecule has 0 unspecified atom stereocenters. The zero-order valence-electron chi connectivity index (χ0n) is 16.1. The molecule has 0 atom stereocenters. The Kier molecular flexibility index (Phi) is 4.97. The second-order valence-electron chi connectivity index (χ2n) is 6.79. The maximum Gasteiger partial charge on any atom is 0.282 e. The Hall–Kier alpha value is -4.07. The smallest absolute Gasteiger partial charge is 0.282 e. The van der Waals surface area contributed by atoms with Crippen LogP contribution in [0.2, 0.25) is 0 Å². The summed E-state index contributed by atoms with van der Waals surface area (Å²) >= 11 is 0. The van der Waals surface area contributed by atoms with Gasteiger partial charge in [-0.25, -0.2) is 4.98 Å². The lowest BCUT2D eigenvalue weighted by Gasteiger charge is -2.09. The minimum Gasteiger partial charge on any atom is -0.507 e. The summed E-state index contributed by atoms with van der Waals surface area (Å²) in [7, 11) is 0. The van der Waals surface area contributed by atoms with E-state index in [4.69, 9.17) is 0 Å². The highest BCUT2D eigenvalue weighted by Gasteiger charge is 2.18.